The van der Waals surface area contributed by atoms with Crippen molar-refractivity contribution in [1.82, 2.24) is 4.98 Å². The number of nitrogens with zero attached hydrogens (tertiary/aromatic N) is 1. The molecule has 1 aromatic heterocycles. The molecule has 1 heterocycles. The molecule has 1 aromatic carbocycles. The van der Waals surface area contributed by atoms with Gasteiger partial charge in [-0.2, -0.15) is 0 Å². The van der Waals surface area contributed by atoms with Gasteiger partial charge in [-0.1, -0.05) is 43.9 Å². The van der Waals surface area contributed by atoms with Crippen molar-refractivity contribution in [2.45, 2.75) is 32.1 Å². The second kappa shape index (κ2) is 5.41. The summed E-state index contributed by atoms with van der Waals surface area (Å²) in [6, 6.07) is 9.89. The Labute approximate surface area is 121 Å². The highest BCUT2D eigenvalue weighted by atomic mass is 79.9. The van der Waals surface area contributed by atoms with Gasteiger partial charge in [0, 0.05) is 16.3 Å². The van der Waals surface area contributed by atoms with Crippen LogP contribution in [0.5, 0.6) is 0 Å². The van der Waals surface area contributed by atoms with E-state index in [-0.39, 0.29) is 5.78 Å². The molecule has 0 atom stereocenters. The van der Waals surface area contributed by atoms with E-state index in [9.17, 15) is 4.79 Å². The molecule has 1 saturated carbocycles. The number of ketones is 1. The minimum atomic E-state index is 0.171. The molecule has 2 aromatic rings. The summed E-state index contributed by atoms with van der Waals surface area (Å²) in [4.78, 5) is 16.9. The number of hydrogen-bond acceptors (Lipinski definition) is 2. The van der Waals surface area contributed by atoms with Crippen LogP contribution in [0.15, 0.2) is 34.8 Å². The summed E-state index contributed by atoms with van der Waals surface area (Å²) in [5.41, 5.74) is 1.48. The Balaban J connectivity index is 1.90. The largest absolute Gasteiger partial charge is 0.292 e. The molecule has 0 bridgehead atoms. The van der Waals surface area contributed by atoms with Crippen molar-refractivity contribution in [3.63, 3.8) is 0 Å². The van der Waals surface area contributed by atoms with Crippen LogP contribution in [0.2, 0.25) is 0 Å². The van der Waals surface area contributed by atoms with Gasteiger partial charge in [-0.3, -0.25) is 4.79 Å². The molecule has 1 fully saturated rings. The van der Waals surface area contributed by atoms with Crippen LogP contribution < -0.4 is 0 Å². The number of rotatable bonds is 3. The van der Waals surface area contributed by atoms with Gasteiger partial charge in [-0.25, -0.2) is 4.98 Å². The van der Waals surface area contributed by atoms with Crippen molar-refractivity contribution in [1.29, 1.82) is 0 Å². The topological polar surface area (TPSA) is 30.0 Å². The Morgan fingerprint density at radius 3 is 2.79 bits per heavy atom. The van der Waals surface area contributed by atoms with Crippen LogP contribution in [-0.2, 0) is 0 Å². The van der Waals surface area contributed by atoms with Gasteiger partial charge in [0.2, 0.25) is 0 Å². The maximum absolute atomic E-state index is 12.4. The lowest BCUT2D eigenvalue weighted by Crippen LogP contribution is -2.08. The molecule has 3 heteroatoms. The smallest absolute Gasteiger partial charge is 0.182 e. The fraction of sp³-hybridized carbons (Fsp3) is 0.375. The van der Waals surface area contributed by atoms with E-state index in [1.165, 1.54) is 25.7 Å². The predicted octanol–water partition coefficient (Wildman–Crippen LogP) is 4.76. The minimum absolute atomic E-state index is 0.171. The van der Waals surface area contributed by atoms with Gasteiger partial charge in [0.15, 0.2) is 5.78 Å². The van der Waals surface area contributed by atoms with Gasteiger partial charge < -0.3 is 0 Å². The summed E-state index contributed by atoms with van der Waals surface area (Å²) in [5, 5.41) is 1.06. The standard InChI is InChI=1S/C16H16BrNO/c17-13-10-12-7-3-4-8-14(12)18-16(13)15(19)9-11-5-1-2-6-11/h3-4,7-8,10-11H,1-2,5-6,9H2. The van der Waals surface area contributed by atoms with Crippen molar-refractivity contribution in [3.8, 4) is 0 Å². The first-order chi connectivity index (χ1) is 9.24. The number of para-hydroxylation sites is 1. The highest BCUT2D eigenvalue weighted by Gasteiger charge is 2.21. The first-order valence-electron chi connectivity index (χ1n) is 6.82. The van der Waals surface area contributed by atoms with Gasteiger partial charge in [-0.15, -0.1) is 0 Å². The second-order valence-corrected chi connectivity index (χ2v) is 6.14. The van der Waals surface area contributed by atoms with Gasteiger partial charge in [0.25, 0.3) is 0 Å². The monoisotopic (exact) mass is 317 g/mol. The summed E-state index contributed by atoms with van der Waals surface area (Å²) >= 11 is 3.48. The van der Waals surface area contributed by atoms with Gasteiger partial charge >= 0.3 is 0 Å². The van der Waals surface area contributed by atoms with Crippen LogP contribution in [0, 0.1) is 5.92 Å². The molecule has 0 radical (unpaired) electrons. The number of Topliss-reactive ketones (excluding diaryl/α,β-unsaturated/α-hetero) is 1. The van der Waals surface area contributed by atoms with Gasteiger partial charge in [0.1, 0.15) is 5.69 Å². The fourth-order valence-electron chi connectivity index (χ4n) is 2.86. The van der Waals surface area contributed by atoms with Crippen LogP contribution in [0.4, 0.5) is 0 Å². The number of aromatic nitrogens is 1. The van der Waals surface area contributed by atoms with E-state index in [0.29, 0.717) is 18.0 Å². The van der Waals surface area contributed by atoms with E-state index in [1.807, 2.05) is 30.3 Å². The van der Waals surface area contributed by atoms with Gasteiger partial charge in [0.05, 0.1) is 5.52 Å². The van der Waals surface area contributed by atoms with E-state index in [0.717, 1.165) is 15.4 Å². The lowest BCUT2D eigenvalue weighted by Gasteiger charge is -2.09. The Morgan fingerprint density at radius 1 is 1.26 bits per heavy atom. The molecule has 2 nitrogen and oxygen atoms in total. The Bertz CT molecular complexity index is 617. The normalized spacial score (nSPS) is 16.1. The number of hydrogen-bond donors (Lipinski definition) is 0. The zero-order valence-electron chi connectivity index (χ0n) is 10.7. The molecule has 19 heavy (non-hydrogen) atoms. The number of fused-ring (bicyclic) bond motifs is 1. The minimum Gasteiger partial charge on any atom is -0.292 e. The third-order valence-corrected chi connectivity index (χ3v) is 4.49. The van der Waals surface area contributed by atoms with E-state index in [4.69, 9.17) is 0 Å². The summed E-state index contributed by atoms with van der Waals surface area (Å²) in [6.07, 6.45) is 5.56. The first-order valence-corrected chi connectivity index (χ1v) is 7.62. The average Bonchev–Trinajstić information content (AvgIpc) is 2.90. The molecule has 0 saturated heterocycles. The zero-order valence-corrected chi connectivity index (χ0v) is 12.3. The Morgan fingerprint density at radius 2 is 2.00 bits per heavy atom. The highest BCUT2D eigenvalue weighted by molar-refractivity contribution is 9.10. The van der Waals surface area contributed by atoms with E-state index in [2.05, 4.69) is 20.9 Å². The highest BCUT2D eigenvalue weighted by Crippen LogP contribution is 2.30. The molecular formula is C16H16BrNO. The van der Waals surface area contributed by atoms with Crippen LogP contribution in [0.25, 0.3) is 10.9 Å². The Hall–Kier alpha value is -1.22. The van der Waals surface area contributed by atoms with E-state index >= 15 is 0 Å². The summed E-state index contributed by atoms with van der Waals surface area (Å²) in [5.74, 6) is 0.734. The Kier molecular flexibility index (Phi) is 3.65. The third kappa shape index (κ3) is 2.71. The quantitative estimate of drug-likeness (QED) is 0.764. The van der Waals surface area contributed by atoms with Crippen molar-refractivity contribution in [2.24, 2.45) is 5.92 Å². The zero-order chi connectivity index (χ0) is 13.2. The molecular weight excluding hydrogens is 302 g/mol. The molecule has 0 N–H and O–H groups in total. The van der Waals surface area contributed by atoms with Crippen molar-refractivity contribution in [3.05, 3.63) is 40.5 Å². The average molecular weight is 318 g/mol. The van der Waals surface area contributed by atoms with Gasteiger partial charge in [-0.05, 0) is 34.0 Å². The maximum atomic E-state index is 12.4. The lowest BCUT2D eigenvalue weighted by atomic mass is 9.99. The van der Waals surface area contributed by atoms with Crippen LogP contribution in [0.3, 0.4) is 0 Å². The van der Waals surface area contributed by atoms with Crippen molar-refractivity contribution in [2.75, 3.05) is 0 Å². The molecule has 0 spiro atoms. The molecule has 98 valence electrons. The van der Waals surface area contributed by atoms with Crippen molar-refractivity contribution >= 4 is 32.6 Å². The summed E-state index contributed by atoms with van der Waals surface area (Å²) in [7, 11) is 0. The third-order valence-electron chi connectivity index (χ3n) is 3.89. The maximum Gasteiger partial charge on any atom is 0.182 e. The molecule has 3 rings (SSSR count). The van der Waals surface area contributed by atoms with E-state index < -0.39 is 0 Å². The summed E-state index contributed by atoms with van der Waals surface area (Å²) < 4.78 is 0.814. The number of halogens is 1. The molecule has 0 aliphatic heterocycles. The summed E-state index contributed by atoms with van der Waals surface area (Å²) in [6.45, 7) is 0. The number of carbonyl (C=O) groups is 1. The first kappa shape index (κ1) is 12.8. The number of carbonyl (C=O) groups excluding carboxylic acids is 1. The molecule has 1 aliphatic rings. The number of benzene rings is 1. The molecule has 0 unspecified atom stereocenters. The molecule has 1 aliphatic carbocycles. The van der Waals surface area contributed by atoms with E-state index in [1.54, 1.807) is 0 Å². The van der Waals surface area contributed by atoms with Crippen LogP contribution in [-0.4, -0.2) is 10.8 Å². The van der Waals surface area contributed by atoms with Crippen LogP contribution in [0.1, 0.15) is 42.6 Å². The van der Waals surface area contributed by atoms with Crippen LogP contribution >= 0.6 is 15.9 Å². The molecule has 0 amide bonds. The lowest BCUT2D eigenvalue weighted by molar-refractivity contribution is 0.0957. The number of pyridine rings is 1. The fourth-order valence-corrected chi connectivity index (χ4v) is 3.42. The van der Waals surface area contributed by atoms with Crippen molar-refractivity contribution < 1.29 is 4.79 Å². The second-order valence-electron chi connectivity index (χ2n) is 5.29. The SMILES string of the molecule is O=C(CC1CCCC1)c1nc2ccccc2cc1Br. The predicted molar refractivity (Wildman–Crippen MR) is 80.3 cm³/mol.